The molecule has 0 aliphatic heterocycles. The third-order valence-corrected chi connectivity index (χ3v) is 4.14. The molecule has 2 rings (SSSR count). The monoisotopic (exact) mass is 295 g/mol. The Kier molecular flexibility index (Phi) is 7.25. The van der Waals surface area contributed by atoms with Gasteiger partial charge in [-0.1, -0.05) is 30.3 Å². The van der Waals surface area contributed by atoms with Crippen LogP contribution in [0.5, 0.6) is 0 Å². The van der Waals surface area contributed by atoms with Crippen molar-refractivity contribution in [1.82, 2.24) is 4.90 Å². The van der Waals surface area contributed by atoms with Gasteiger partial charge in [0.2, 0.25) is 0 Å². The Morgan fingerprint density at radius 2 is 1.90 bits per heavy atom. The summed E-state index contributed by atoms with van der Waals surface area (Å²) in [5.74, 6) is 1.47. The minimum absolute atomic E-state index is 0. The van der Waals surface area contributed by atoms with Crippen molar-refractivity contribution in [3.63, 3.8) is 0 Å². The van der Waals surface area contributed by atoms with Crippen LogP contribution >= 0.6 is 12.4 Å². The van der Waals surface area contributed by atoms with Gasteiger partial charge < -0.3 is 4.90 Å². The Morgan fingerprint density at radius 1 is 1.20 bits per heavy atom. The first kappa shape index (κ1) is 17.2. The predicted octanol–water partition coefficient (Wildman–Crippen LogP) is 3.59. The molecule has 1 aromatic carbocycles. The van der Waals surface area contributed by atoms with Gasteiger partial charge in [0.15, 0.2) is 0 Å². The smallest absolute Gasteiger partial charge is 0.137 e. The molecule has 0 radical (unpaired) electrons. The maximum absolute atomic E-state index is 11.9. The lowest BCUT2D eigenvalue weighted by atomic mass is 9.78. The van der Waals surface area contributed by atoms with Crippen LogP contribution in [0.4, 0.5) is 0 Å². The summed E-state index contributed by atoms with van der Waals surface area (Å²) in [7, 11) is 4.11. The Hall–Kier alpha value is -0.860. The van der Waals surface area contributed by atoms with Crippen LogP contribution in [0.2, 0.25) is 0 Å². The van der Waals surface area contributed by atoms with Crippen LogP contribution in [0.25, 0.3) is 0 Å². The SMILES string of the molecule is CN(C)CC1CC(CCc2ccccc2)CCC1=O.Cl. The number of carbonyl (C=O) groups excluding carboxylic acids is 1. The number of benzene rings is 1. The zero-order chi connectivity index (χ0) is 13.7. The zero-order valence-corrected chi connectivity index (χ0v) is 13.4. The summed E-state index contributed by atoms with van der Waals surface area (Å²) < 4.78 is 0. The zero-order valence-electron chi connectivity index (χ0n) is 12.5. The van der Waals surface area contributed by atoms with E-state index in [1.807, 2.05) is 0 Å². The Bertz CT molecular complexity index is 405. The van der Waals surface area contributed by atoms with Crippen LogP contribution in [0.15, 0.2) is 30.3 Å². The summed E-state index contributed by atoms with van der Waals surface area (Å²) in [6.07, 6.45) is 5.34. The van der Waals surface area contributed by atoms with Gasteiger partial charge in [0.1, 0.15) is 5.78 Å². The van der Waals surface area contributed by atoms with Crippen LogP contribution in [0.3, 0.4) is 0 Å². The van der Waals surface area contributed by atoms with Crippen molar-refractivity contribution in [3.05, 3.63) is 35.9 Å². The molecule has 1 aromatic rings. The number of aryl methyl sites for hydroxylation is 1. The van der Waals surface area contributed by atoms with Gasteiger partial charge in [-0.15, -0.1) is 12.4 Å². The molecule has 1 aliphatic rings. The van der Waals surface area contributed by atoms with E-state index in [-0.39, 0.29) is 18.3 Å². The number of rotatable bonds is 5. The standard InChI is InChI=1S/C17H25NO.ClH/c1-18(2)13-16-12-15(10-11-17(16)19)9-8-14-6-4-3-5-7-14;/h3-7,15-16H,8-13H2,1-2H3;1H. The lowest BCUT2D eigenvalue weighted by molar-refractivity contribution is -0.126. The summed E-state index contributed by atoms with van der Waals surface area (Å²) >= 11 is 0. The van der Waals surface area contributed by atoms with Gasteiger partial charge in [-0.25, -0.2) is 0 Å². The topological polar surface area (TPSA) is 20.3 Å². The summed E-state index contributed by atoms with van der Waals surface area (Å²) in [4.78, 5) is 14.1. The first-order valence-corrected chi connectivity index (χ1v) is 7.36. The van der Waals surface area contributed by atoms with Gasteiger partial charge in [-0.05, 0) is 51.3 Å². The maximum Gasteiger partial charge on any atom is 0.137 e. The molecule has 0 N–H and O–H groups in total. The van der Waals surface area contributed by atoms with E-state index < -0.39 is 0 Å². The Balaban J connectivity index is 0.00000200. The quantitative estimate of drug-likeness (QED) is 0.827. The molecule has 0 saturated heterocycles. The average Bonchev–Trinajstić information content (AvgIpc) is 2.40. The number of hydrogen-bond acceptors (Lipinski definition) is 2. The van der Waals surface area contributed by atoms with Gasteiger partial charge in [0.05, 0.1) is 0 Å². The van der Waals surface area contributed by atoms with E-state index in [9.17, 15) is 4.79 Å². The molecule has 112 valence electrons. The molecular weight excluding hydrogens is 270 g/mol. The number of halogens is 1. The molecule has 1 fully saturated rings. The molecule has 1 aliphatic carbocycles. The summed E-state index contributed by atoms with van der Waals surface area (Å²) in [6, 6.07) is 10.7. The van der Waals surface area contributed by atoms with Gasteiger partial charge in [0, 0.05) is 18.9 Å². The normalized spacial score (nSPS) is 22.6. The number of nitrogens with zero attached hydrogens (tertiary/aromatic N) is 1. The molecule has 20 heavy (non-hydrogen) atoms. The lowest BCUT2D eigenvalue weighted by Crippen LogP contribution is -2.33. The predicted molar refractivity (Wildman–Crippen MR) is 86.4 cm³/mol. The van der Waals surface area contributed by atoms with E-state index in [1.54, 1.807) is 0 Å². The van der Waals surface area contributed by atoms with E-state index in [1.165, 1.54) is 12.0 Å². The maximum atomic E-state index is 11.9. The molecule has 0 heterocycles. The molecule has 2 atom stereocenters. The highest BCUT2D eigenvalue weighted by atomic mass is 35.5. The van der Waals surface area contributed by atoms with E-state index in [4.69, 9.17) is 0 Å². The van der Waals surface area contributed by atoms with Gasteiger partial charge in [-0.3, -0.25) is 4.79 Å². The fourth-order valence-electron chi connectivity index (χ4n) is 3.10. The van der Waals surface area contributed by atoms with Gasteiger partial charge in [0.25, 0.3) is 0 Å². The lowest BCUT2D eigenvalue weighted by Gasteiger charge is -2.29. The summed E-state index contributed by atoms with van der Waals surface area (Å²) in [6.45, 7) is 0.917. The Morgan fingerprint density at radius 3 is 2.55 bits per heavy atom. The van der Waals surface area contributed by atoms with Crippen LogP contribution in [-0.2, 0) is 11.2 Å². The van der Waals surface area contributed by atoms with Crippen molar-refractivity contribution in [2.75, 3.05) is 20.6 Å². The van der Waals surface area contributed by atoms with E-state index in [2.05, 4.69) is 49.3 Å². The van der Waals surface area contributed by atoms with Crippen molar-refractivity contribution in [1.29, 1.82) is 0 Å². The number of hydrogen-bond donors (Lipinski definition) is 0. The van der Waals surface area contributed by atoms with Crippen LogP contribution in [0.1, 0.15) is 31.2 Å². The van der Waals surface area contributed by atoms with E-state index in [0.717, 1.165) is 38.1 Å². The first-order chi connectivity index (χ1) is 9.15. The van der Waals surface area contributed by atoms with Gasteiger partial charge in [-0.2, -0.15) is 0 Å². The molecular formula is C17H26ClNO. The minimum Gasteiger partial charge on any atom is -0.309 e. The second-order valence-corrected chi connectivity index (χ2v) is 6.09. The molecule has 0 aromatic heterocycles. The number of Topliss-reactive ketones (excluding diaryl/α,β-unsaturated/α-hetero) is 1. The third-order valence-electron chi connectivity index (χ3n) is 4.14. The highest BCUT2D eigenvalue weighted by Gasteiger charge is 2.28. The molecule has 0 amide bonds. The van der Waals surface area contributed by atoms with Crippen LogP contribution in [0, 0.1) is 11.8 Å². The summed E-state index contributed by atoms with van der Waals surface area (Å²) in [5.41, 5.74) is 1.42. The molecule has 0 spiro atoms. The fraction of sp³-hybridized carbons (Fsp3) is 0.588. The highest BCUT2D eigenvalue weighted by Crippen LogP contribution is 2.30. The van der Waals surface area contributed by atoms with Crippen molar-refractivity contribution in [2.45, 2.75) is 32.1 Å². The number of carbonyl (C=O) groups is 1. The molecule has 2 nitrogen and oxygen atoms in total. The van der Waals surface area contributed by atoms with Crippen molar-refractivity contribution in [2.24, 2.45) is 11.8 Å². The van der Waals surface area contributed by atoms with E-state index in [0.29, 0.717) is 5.78 Å². The highest BCUT2D eigenvalue weighted by molar-refractivity contribution is 5.85. The molecule has 3 heteroatoms. The van der Waals surface area contributed by atoms with Crippen LogP contribution < -0.4 is 0 Å². The van der Waals surface area contributed by atoms with E-state index >= 15 is 0 Å². The second-order valence-electron chi connectivity index (χ2n) is 6.09. The Labute approximate surface area is 129 Å². The molecule has 0 bridgehead atoms. The van der Waals surface area contributed by atoms with Gasteiger partial charge >= 0.3 is 0 Å². The average molecular weight is 296 g/mol. The number of ketones is 1. The third kappa shape index (κ3) is 5.26. The fourth-order valence-corrected chi connectivity index (χ4v) is 3.10. The van der Waals surface area contributed by atoms with Crippen molar-refractivity contribution in [3.8, 4) is 0 Å². The first-order valence-electron chi connectivity index (χ1n) is 7.36. The van der Waals surface area contributed by atoms with Crippen molar-refractivity contribution >= 4 is 18.2 Å². The van der Waals surface area contributed by atoms with Crippen LogP contribution in [-0.4, -0.2) is 31.3 Å². The summed E-state index contributed by atoms with van der Waals surface area (Å²) in [5, 5.41) is 0. The second kappa shape index (κ2) is 8.43. The minimum atomic E-state index is 0. The molecule has 2 unspecified atom stereocenters. The van der Waals surface area contributed by atoms with Crippen molar-refractivity contribution < 1.29 is 4.79 Å². The molecule has 1 saturated carbocycles. The largest absolute Gasteiger partial charge is 0.309 e.